The summed E-state index contributed by atoms with van der Waals surface area (Å²) < 4.78 is 38.3. The maximum Gasteiger partial charge on any atom is 0.245 e. The molecule has 1 aromatic rings. The summed E-state index contributed by atoms with van der Waals surface area (Å²) in [4.78, 5) is -0.267. The van der Waals surface area contributed by atoms with Crippen LogP contribution in [0.15, 0.2) is 23.1 Å². The van der Waals surface area contributed by atoms with Gasteiger partial charge in [0.25, 0.3) is 0 Å². The highest BCUT2D eigenvalue weighted by atomic mass is 35.5. The highest BCUT2D eigenvalue weighted by Crippen LogP contribution is 2.25. The van der Waals surface area contributed by atoms with Crippen molar-refractivity contribution in [3.63, 3.8) is 0 Å². The van der Waals surface area contributed by atoms with Crippen LogP contribution in [0.1, 0.15) is 6.92 Å². The molecule has 0 saturated heterocycles. The fraction of sp³-hybridized carbons (Fsp3) is 0.273. The molecule has 0 saturated carbocycles. The van der Waals surface area contributed by atoms with Crippen molar-refractivity contribution >= 4 is 21.6 Å². The molecule has 6 heteroatoms. The number of nitrogens with zero attached hydrogens (tertiary/aromatic N) is 1. The van der Waals surface area contributed by atoms with Gasteiger partial charge in [-0.25, -0.2) is 12.8 Å². The SMILES string of the molecule is C#CCN(CC)S(=O)(=O)c1cc(F)ccc1Cl. The lowest BCUT2D eigenvalue weighted by Gasteiger charge is -2.18. The van der Waals surface area contributed by atoms with Crippen molar-refractivity contribution in [2.75, 3.05) is 13.1 Å². The quantitative estimate of drug-likeness (QED) is 0.790. The van der Waals surface area contributed by atoms with Crippen molar-refractivity contribution in [3.05, 3.63) is 29.0 Å². The highest BCUT2D eigenvalue weighted by molar-refractivity contribution is 7.89. The molecule has 1 aromatic carbocycles. The lowest BCUT2D eigenvalue weighted by Crippen LogP contribution is -2.31. The van der Waals surface area contributed by atoms with Gasteiger partial charge < -0.3 is 0 Å². The molecule has 0 spiro atoms. The van der Waals surface area contributed by atoms with E-state index >= 15 is 0 Å². The summed E-state index contributed by atoms with van der Waals surface area (Å²) in [5.41, 5.74) is 0. The van der Waals surface area contributed by atoms with Gasteiger partial charge in [-0.1, -0.05) is 24.4 Å². The van der Waals surface area contributed by atoms with E-state index in [-0.39, 0.29) is 23.0 Å². The Balaban J connectivity index is 3.30. The van der Waals surface area contributed by atoms with Gasteiger partial charge >= 0.3 is 0 Å². The first-order chi connectivity index (χ1) is 7.93. The van der Waals surface area contributed by atoms with E-state index in [0.717, 1.165) is 16.4 Å². The molecule has 0 N–H and O–H groups in total. The molecular formula is C11H11ClFNO2S. The average molecular weight is 276 g/mol. The summed E-state index contributed by atoms with van der Waals surface area (Å²) in [6, 6.07) is 3.18. The van der Waals surface area contributed by atoms with Crippen molar-refractivity contribution < 1.29 is 12.8 Å². The molecule has 0 fully saturated rings. The normalized spacial score (nSPS) is 11.5. The number of hydrogen-bond acceptors (Lipinski definition) is 2. The van der Waals surface area contributed by atoms with E-state index in [1.54, 1.807) is 6.92 Å². The molecule has 0 aliphatic heterocycles. The first kappa shape index (κ1) is 14.0. The summed E-state index contributed by atoms with van der Waals surface area (Å²) in [5, 5.41) is -0.0260. The second-order valence-electron chi connectivity index (χ2n) is 3.21. The first-order valence-corrected chi connectivity index (χ1v) is 6.64. The third-order valence-electron chi connectivity index (χ3n) is 2.13. The van der Waals surface area contributed by atoms with Gasteiger partial charge in [0.15, 0.2) is 0 Å². The predicted molar refractivity (Wildman–Crippen MR) is 64.7 cm³/mol. The molecule has 0 atom stereocenters. The molecule has 0 bridgehead atoms. The minimum absolute atomic E-state index is 0.0260. The van der Waals surface area contributed by atoms with Gasteiger partial charge in [0.2, 0.25) is 10.0 Å². The summed E-state index contributed by atoms with van der Waals surface area (Å²) in [6.07, 6.45) is 5.08. The van der Waals surface area contributed by atoms with Crippen LogP contribution in [0.5, 0.6) is 0 Å². The third-order valence-corrected chi connectivity index (χ3v) is 4.53. The molecule has 0 amide bonds. The highest BCUT2D eigenvalue weighted by Gasteiger charge is 2.25. The second-order valence-corrected chi connectivity index (χ2v) is 5.52. The molecule has 0 aliphatic rings. The first-order valence-electron chi connectivity index (χ1n) is 4.82. The van der Waals surface area contributed by atoms with Crippen LogP contribution >= 0.6 is 11.6 Å². The van der Waals surface area contributed by atoms with Gasteiger partial charge in [-0.05, 0) is 18.2 Å². The van der Waals surface area contributed by atoms with Gasteiger partial charge in [0.1, 0.15) is 10.7 Å². The Labute approximate surface area is 105 Å². The Kier molecular flexibility index (Phi) is 4.52. The molecule has 0 unspecified atom stereocenters. The minimum atomic E-state index is -3.85. The molecule has 0 heterocycles. The number of halogens is 2. The molecule has 1 rings (SSSR count). The molecular weight excluding hydrogens is 265 g/mol. The fourth-order valence-electron chi connectivity index (χ4n) is 1.28. The van der Waals surface area contributed by atoms with Crippen LogP contribution in [0.4, 0.5) is 4.39 Å². The number of benzene rings is 1. The Morgan fingerprint density at radius 1 is 1.53 bits per heavy atom. The molecule has 0 aromatic heterocycles. The van der Waals surface area contributed by atoms with E-state index in [4.69, 9.17) is 18.0 Å². The van der Waals surface area contributed by atoms with Gasteiger partial charge in [-0.3, -0.25) is 0 Å². The third kappa shape index (κ3) is 2.97. The van der Waals surface area contributed by atoms with E-state index < -0.39 is 15.8 Å². The second kappa shape index (κ2) is 5.50. The lowest BCUT2D eigenvalue weighted by atomic mass is 10.3. The van der Waals surface area contributed by atoms with Crippen molar-refractivity contribution in [3.8, 4) is 12.3 Å². The standard InChI is InChI=1S/C11H11ClFNO2S/c1-3-7-14(4-2)17(15,16)11-8-9(13)5-6-10(11)12/h1,5-6,8H,4,7H2,2H3. The lowest BCUT2D eigenvalue weighted by molar-refractivity contribution is 0.463. The van der Waals surface area contributed by atoms with Crippen LogP contribution in [0.2, 0.25) is 5.02 Å². The van der Waals surface area contributed by atoms with Crippen LogP contribution in [-0.4, -0.2) is 25.8 Å². The maximum absolute atomic E-state index is 13.0. The van der Waals surface area contributed by atoms with E-state index in [1.807, 2.05) is 0 Å². The summed E-state index contributed by atoms with van der Waals surface area (Å²) in [5.74, 6) is 1.58. The van der Waals surface area contributed by atoms with Crippen molar-refractivity contribution in [2.24, 2.45) is 0 Å². The Morgan fingerprint density at radius 2 is 2.18 bits per heavy atom. The van der Waals surface area contributed by atoms with Crippen LogP contribution in [0.25, 0.3) is 0 Å². The van der Waals surface area contributed by atoms with Crippen LogP contribution in [0.3, 0.4) is 0 Å². The number of hydrogen-bond donors (Lipinski definition) is 0. The smallest absolute Gasteiger partial charge is 0.207 e. The van der Waals surface area contributed by atoms with Gasteiger partial charge in [-0.15, -0.1) is 6.42 Å². The molecule has 0 aliphatic carbocycles. The Hall–Kier alpha value is -1.09. The summed E-state index contributed by atoms with van der Waals surface area (Å²) in [6.45, 7) is 1.76. The minimum Gasteiger partial charge on any atom is -0.207 e. The van der Waals surface area contributed by atoms with Crippen molar-refractivity contribution in [1.82, 2.24) is 4.31 Å². The number of sulfonamides is 1. The predicted octanol–water partition coefficient (Wildman–Crippen LogP) is 2.12. The van der Waals surface area contributed by atoms with E-state index in [9.17, 15) is 12.8 Å². The van der Waals surface area contributed by atoms with Crippen LogP contribution < -0.4 is 0 Å². The Bertz CT molecular complexity index is 551. The molecule has 3 nitrogen and oxygen atoms in total. The Morgan fingerprint density at radius 3 is 2.71 bits per heavy atom. The maximum atomic E-state index is 13.0. The van der Waals surface area contributed by atoms with Gasteiger partial charge in [-0.2, -0.15) is 4.31 Å². The molecule has 92 valence electrons. The zero-order chi connectivity index (χ0) is 13.1. The number of terminal acetylenes is 1. The molecule has 17 heavy (non-hydrogen) atoms. The van der Waals surface area contributed by atoms with Gasteiger partial charge in [0.05, 0.1) is 11.6 Å². The zero-order valence-electron chi connectivity index (χ0n) is 9.15. The van der Waals surface area contributed by atoms with Crippen LogP contribution in [0, 0.1) is 18.2 Å². The zero-order valence-corrected chi connectivity index (χ0v) is 10.7. The van der Waals surface area contributed by atoms with Gasteiger partial charge in [0, 0.05) is 6.54 Å². The van der Waals surface area contributed by atoms with E-state index in [0.29, 0.717) is 0 Å². The topological polar surface area (TPSA) is 37.4 Å². The van der Waals surface area contributed by atoms with E-state index in [2.05, 4.69) is 5.92 Å². The largest absolute Gasteiger partial charge is 0.245 e. The summed E-state index contributed by atoms with van der Waals surface area (Å²) in [7, 11) is -3.85. The average Bonchev–Trinajstić information content (AvgIpc) is 2.28. The van der Waals surface area contributed by atoms with Crippen LogP contribution in [-0.2, 0) is 10.0 Å². The fourth-order valence-corrected chi connectivity index (χ4v) is 3.13. The summed E-state index contributed by atoms with van der Waals surface area (Å²) >= 11 is 5.76. The molecule has 0 radical (unpaired) electrons. The van der Waals surface area contributed by atoms with Crippen molar-refractivity contribution in [2.45, 2.75) is 11.8 Å². The van der Waals surface area contributed by atoms with Crippen molar-refractivity contribution in [1.29, 1.82) is 0 Å². The number of rotatable bonds is 4. The monoisotopic (exact) mass is 275 g/mol. The van der Waals surface area contributed by atoms with E-state index in [1.165, 1.54) is 6.07 Å².